The van der Waals surface area contributed by atoms with Crippen molar-refractivity contribution in [2.45, 2.75) is 25.3 Å². The number of ether oxygens (including phenoxy) is 1. The van der Waals surface area contributed by atoms with E-state index >= 15 is 0 Å². The normalized spacial score (nSPS) is 17.5. The first-order valence-corrected chi connectivity index (χ1v) is 7.40. The summed E-state index contributed by atoms with van der Waals surface area (Å²) in [5.41, 5.74) is 0.757. The number of carbonyl (C=O) groups is 2. The molecule has 0 unspecified atom stereocenters. The second kappa shape index (κ2) is 6.17. The molecule has 2 aliphatic rings. The van der Waals surface area contributed by atoms with Crippen LogP contribution < -0.4 is 10.9 Å². The van der Waals surface area contributed by atoms with E-state index in [1.54, 1.807) is 6.07 Å². The predicted octanol–water partition coefficient (Wildman–Crippen LogP) is -0.311. The quantitative estimate of drug-likeness (QED) is 0.778. The molecule has 2 heterocycles. The zero-order valence-corrected chi connectivity index (χ0v) is 12.2. The molecule has 118 valence electrons. The predicted molar refractivity (Wildman–Crippen MR) is 76.4 cm³/mol. The van der Waals surface area contributed by atoms with Crippen LogP contribution in [0.1, 0.15) is 24.5 Å². The highest BCUT2D eigenvalue weighted by Gasteiger charge is 2.26. The zero-order chi connectivity index (χ0) is 15.5. The summed E-state index contributed by atoms with van der Waals surface area (Å²) in [4.78, 5) is 36.0. The van der Waals surface area contributed by atoms with Crippen molar-refractivity contribution >= 4 is 12.0 Å². The summed E-state index contributed by atoms with van der Waals surface area (Å²) in [6.45, 7) is 1.33. The first-order chi connectivity index (χ1) is 10.6. The molecule has 1 aromatic heterocycles. The Morgan fingerprint density at radius 1 is 1.36 bits per heavy atom. The second-order valence-corrected chi connectivity index (χ2v) is 5.48. The Hall–Kier alpha value is -2.38. The van der Waals surface area contributed by atoms with Gasteiger partial charge in [-0.3, -0.25) is 14.5 Å². The molecule has 8 heteroatoms. The summed E-state index contributed by atoms with van der Waals surface area (Å²) in [5.74, 6) is 0.202. The Bertz CT molecular complexity index is 638. The third kappa shape index (κ3) is 3.44. The summed E-state index contributed by atoms with van der Waals surface area (Å²) in [6, 6.07) is 3.29. The average Bonchev–Trinajstić information content (AvgIpc) is 3.26. The summed E-state index contributed by atoms with van der Waals surface area (Å²) < 4.78 is 6.12. The number of hydrogen-bond acceptors (Lipinski definition) is 5. The smallest absolute Gasteiger partial charge is 0.410 e. The molecular formula is C14H18N4O4. The SMILES string of the molecule is O=C(CN1CCOC1=O)NCCn1nc(C2CC2)ccc1=O. The molecule has 1 aliphatic heterocycles. The summed E-state index contributed by atoms with van der Waals surface area (Å²) in [6.07, 6.45) is 1.77. The molecule has 0 bridgehead atoms. The Kier molecular flexibility index (Phi) is 4.08. The van der Waals surface area contributed by atoms with Crippen LogP contribution in [-0.2, 0) is 16.1 Å². The third-order valence-corrected chi connectivity index (χ3v) is 3.71. The van der Waals surface area contributed by atoms with E-state index in [9.17, 15) is 14.4 Å². The number of amides is 2. The van der Waals surface area contributed by atoms with E-state index in [0.29, 0.717) is 32.2 Å². The lowest BCUT2D eigenvalue weighted by Gasteiger charge is -2.12. The number of nitrogens with zero attached hydrogens (tertiary/aromatic N) is 3. The molecule has 2 amide bonds. The van der Waals surface area contributed by atoms with Gasteiger partial charge in [-0.1, -0.05) is 0 Å². The van der Waals surface area contributed by atoms with Crippen molar-refractivity contribution in [1.82, 2.24) is 20.0 Å². The van der Waals surface area contributed by atoms with Gasteiger partial charge in [0.25, 0.3) is 5.56 Å². The van der Waals surface area contributed by atoms with Gasteiger partial charge in [-0.2, -0.15) is 5.10 Å². The van der Waals surface area contributed by atoms with Crippen molar-refractivity contribution in [3.63, 3.8) is 0 Å². The number of carbonyl (C=O) groups excluding carboxylic acids is 2. The van der Waals surface area contributed by atoms with Crippen molar-refractivity contribution in [2.75, 3.05) is 26.2 Å². The van der Waals surface area contributed by atoms with Crippen molar-refractivity contribution in [3.05, 3.63) is 28.2 Å². The fraction of sp³-hybridized carbons (Fsp3) is 0.571. The van der Waals surface area contributed by atoms with Gasteiger partial charge in [-0.05, 0) is 18.9 Å². The minimum atomic E-state index is -0.467. The van der Waals surface area contributed by atoms with Crippen LogP contribution in [0.5, 0.6) is 0 Å². The minimum absolute atomic E-state index is 0.0245. The first-order valence-electron chi connectivity index (χ1n) is 7.40. The molecule has 1 saturated carbocycles. The Morgan fingerprint density at radius 2 is 2.18 bits per heavy atom. The van der Waals surface area contributed by atoms with Crippen LogP contribution in [0.25, 0.3) is 0 Å². The summed E-state index contributed by atoms with van der Waals surface area (Å²) >= 11 is 0. The van der Waals surface area contributed by atoms with Crippen LogP contribution in [0.15, 0.2) is 16.9 Å². The van der Waals surface area contributed by atoms with Crippen LogP contribution >= 0.6 is 0 Å². The van der Waals surface area contributed by atoms with Gasteiger partial charge >= 0.3 is 6.09 Å². The lowest BCUT2D eigenvalue weighted by atomic mass is 10.3. The Morgan fingerprint density at radius 3 is 2.86 bits per heavy atom. The monoisotopic (exact) mass is 306 g/mol. The summed E-state index contributed by atoms with van der Waals surface area (Å²) in [5, 5.41) is 7.00. The van der Waals surface area contributed by atoms with Gasteiger partial charge in [-0.15, -0.1) is 0 Å². The maximum absolute atomic E-state index is 11.7. The van der Waals surface area contributed by atoms with Gasteiger partial charge < -0.3 is 10.1 Å². The third-order valence-electron chi connectivity index (χ3n) is 3.71. The molecule has 0 radical (unpaired) electrons. The number of cyclic esters (lactones) is 1. The van der Waals surface area contributed by atoms with E-state index in [4.69, 9.17) is 4.74 Å². The molecule has 0 atom stereocenters. The molecule has 3 rings (SSSR count). The van der Waals surface area contributed by atoms with Crippen LogP contribution in [0.4, 0.5) is 4.79 Å². The van der Waals surface area contributed by atoms with Crippen molar-refractivity contribution < 1.29 is 14.3 Å². The fourth-order valence-corrected chi connectivity index (χ4v) is 2.32. The number of aromatic nitrogens is 2. The van der Waals surface area contributed by atoms with E-state index < -0.39 is 6.09 Å². The lowest BCUT2D eigenvalue weighted by molar-refractivity contribution is -0.121. The first kappa shape index (κ1) is 14.6. The van der Waals surface area contributed by atoms with Gasteiger partial charge in [0.2, 0.25) is 5.91 Å². The molecular weight excluding hydrogens is 288 g/mol. The van der Waals surface area contributed by atoms with Crippen molar-refractivity contribution in [2.24, 2.45) is 0 Å². The average molecular weight is 306 g/mol. The Balaban J connectivity index is 1.48. The van der Waals surface area contributed by atoms with E-state index in [0.717, 1.165) is 18.5 Å². The Labute approximate surface area is 127 Å². The maximum Gasteiger partial charge on any atom is 0.410 e. The molecule has 8 nitrogen and oxygen atoms in total. The molecule has 1 N–H and O–H groups in total. The molecule has 1 aliphatic carbocycles. The molecule has 1 aromatic rings. The van der Waals surface area contributed by atoms with E-state index in [1.165, 1.54) is 15.6 Å². The van der Waals surface area contributed by atoms with Gasteiger partial charge in [0.15, 0.2) is 0 Å². The molecule has 22 heavy (non-hydrogen) atoms. The highest BCUT2D eigenvalue weighted by molar-refractivity contribution is 5.82. The highest BCUT2D eigenvalue weighted by Crippen LogP contribution is 2.38. The fourth-order valence-electron chi connectivity index (χ4n) is 2.32. The zero-order valence-electron chi connectivity index (χ0n) is 12.2. The molecule has 2 fully saturated rings. The highest BCUT2D eigenvalue weighted by atomic mass is 16.6. The minimum Gasteiger partial charge on any atom is -0.448 e. The van der Waals surface area contributed by atoms with Crippen LogP contribution in [0.3, 0.4) is 0 Å². The number of hydrogen-bond donors (Lipinski definition) is 1. The largest absolute Gasteiger partial charge is 0.448 e. The summed E-state index contributed by atoms with van der Waals surface area (Å²) in [7, 11) is 0. The second-order valence-electron chi connectivity index (χ2n) is 5.48. The van der Waals surface area contributed by atoms with Crippen LogP contribution in [-0.4, -0.2) is 52.9 Å². The lowest BCUT2D eigenvalue weighted by Crippen LogP contribution is -2.39. The van der Waals surface area contributed by atoms with Gasteiger partial charge in [0, 0.05) is 18.5 Å². The molecule has 1 saturated heterocycles. The van der Waals surface area contributed by atoms with Gasteiger partial charge in [-0.25, -0.2) is 9.48 Å². The standard InChI is InChI=1S/C14H18N4O4/c19-12(9-17-7-8-22-14(17)21)15-5-6-18-13(20)4-3-11(16-18)10-1-2-10/h3-4,10H,1-2,5-9H2,(H,15,19). The number of nitrogens with one attached hydrogen (secondary N) is 1. The van der Waals surface area contributed by atoms with Crippen molar-refractivity contribution in [3.8, 4) is 0 Å². The van der Waals surface area contributed by atoms with Crippen LogP contribution in [0, 0.1) is 0 Å². The number of rotatable bonds is 6. The van der Waals surface area contributed by atoms with Crippen molar-refractivity contribution in [1.29, 1.82) is 0 Å². The topological polar surface area (TPSA) is 93.5 Å². The molecule has 0 spiro atoms. The van der Waals surface area contributed by atoms with E-state index in [1.807, 2.05) is 0 Å². The van der Waals surface area contributed by atoms with Crippen LogP contribution in [0.2, 0.25) is 0 Å². The van der Waals surface area contributed by atoms with Gasteiger partial charge in [0.05, 0.1) is 18.8 Å². The maximum atomic E-state index is 11.7. The van der Waals surface area contributed by atoms with Gasteiger partial charge in [0.1, 0.15) is 13.2 Å². The van der Waals surface area contributed by atoms with E-state index in [2.05, 4.69) is 10.4 Å². The molecule has 0 aromatic carbocycles. The van der Waals surface area contributed by atoms with E-state index in [-0.39, 0.29) is 18.0 Å².